The number of furan rings is 1. The molecule has 2 heteroatoms. The van der Waals surface area contributed by atoms with Gasteiger partial charge >= 0.3 is 0 Å². The van der Waals surface area contributed by atoms with Gasteiger partial charge in [0.15, 0.2) is 0 Å². The van der Waals surface area contributed by atoms with Gasteiger partial charge in [0.05, 0.1) is 11.9 Å². The van der Waals surface area contributed by atoms with Crippen LogP contribution in [0.1, 0.15) is 63.1 Å². The molecule has 0 amide bonds. The number of aryl methyl sites for hydroxylation is 1. The van der Waals surface area contributed by atoms with Crippen molar-refractivity contribution >= 4 is 11.0 Å². The van der Waals surface area contributed by atoms with Crippen molar-refractivity contribution in [2.45, 2.75) is 70.8 Å². The molecule has 2 aliphatic carbocycles. The highest BCUT2D eigenvalue weighted by atomic mass is 16.3. The van der Waals surface area contributed by atoms with Crippen LogP contribution in [-0.4, -0.2) is 10.7 Å². The maximum absolute atomic E-state index is 11.7. The van der Waals surface area contributed by atoms with Gasteiger partial charge in [-0.25, -0.2) is 0 Å². The highest BCUT2D eigenvalue weighted by molar-refractivity contribution is 5.84. The van der Waals surface area contributed by atoms with Crippen molar-refractivity contribution < 1.29 is 9.52 Å². The third-order valence-corrected chi connectivity index (χ3v) is 6.99. The standard InChI is InChI=1S/C20H26O2/c1-13-14-6-10-20(21)18(2,3)8-5-9-19(20,4)16(14)12-17-15(13)7-11-22-17/h7,11-12,21H,5-6,8-10H2,1-4H3/t19-,20-/m1/s1. The van der Waals surface area contributed by atoms with Crippen molar-refractivity contribution in [3.63, 3.8) is 0 Å². The van der Waals surface area contributed by atoms with Crippen LogP contribution in [-0.2, 0) is 11.8 Å². The van der Waals surface area contributed by atoms with Crippen molar-refractivity contribution in [1.29, 1.82) is 0 Å². The van der Waals surface area contributed by atoms with E-state index in [1.165, 1.54) is 28.5 Å². The number of benzene rings is 1. The van der Waals surface area contributed by atoms with Crippen LogP contribution < -0.4 is 0 Å². The largest absolute Gasteiger partial charge is 0.464 e. The Bertz CT molecular complexity index is 754. The Hall–Kier alpha value is -1.28. The lowest BCUT2D eigenvalue weighted by Crippen LogP contribution is -2.63. The fraction of sp³-hybridized carbons (Fsp3) is 0.600. The van der Waals surface area contributed by atoms with Crippen molar-refractivity contribution in [2.75, 3.05) is 0 Å². The van der Waals surface area contributed by atoms with Gasteiger partial charge in [-0.15, -0.1) is 0 Å². The van der Waals surface area contributed by atoms with E-state index in [0.717, 1.165) is 31.3 Å². The van der Waals surface area contributed by atoms with Crippen molar-refractivity contribution in [3.05, 3.63) is 35.1 Å². The Labute approximate surface area is 132 Å². The summed E-state index contributed by atoms with van der Waals surface area (Å²) >= 11 is 0. The molecule has 2 atom stereocenters. The van der Waals surface area contributed by atoms with Gasteiger partial charge in [0.1, 0.15) is 5.58 Å². The first kappa shape index (κ1) is 14.3. The molecule has 1 aromatic heterocycles. The second-order valence-corrected chi connectivity index (χ2v) is 8.29. The van der Waals surface area contributed by atoms with E-state index in [-0.39, 0.29) is 10.8 Å². The number of fused-ring (bicyclic) bond motifs is 4. The molecule has 4 rings (SSSR count). The van der Waals surface area contributed by atoms with Gasteiger partial charge in [-0.2, -0.15) is 0 Å². The van der Waals surface area contributed by atoms with Crippen molar-refractivity contribution in [1.82, 2.24) is 0 Å². The first-order valence-corrected chi connectivity index (χ1v) is 8.53. The molecule has 2 nitrogen and oxygen atoms in total. The molecular weight excluding hydrogens is 272 g/mol. The summed E-state index contributed by atoms with van der Waals surface area (Å²) in [6, 6.07) is 4.28. The third kappa shape index (κ3) is 1.49. The van der Waals surface area contributed by atoms with E-state index in [9.17, 15) is 5.11 Å². The topological polar surface area (TPSA) is 33.4 Å². The average Bonchev–Trinajstić information content (AvgIpc) is 2.91. The van der Waals surface area contributed by atoms with Gasteiger partial charge in [-0.1, -0.05) is 27.2 Å². The van der Waals surface area contributed by atoms with Crippen LogP contribution >= 0.6 is 0 Å². The van der Waals surface area contributed by atoms with E-state index < -0.39 is 5.60 Å². The third-order valence-electron chi connectivity index (χ3n) is 6.99. The number of aliphatic hydroxyl groups is 1. The minimum Gasteiger partial charge on any atom is -0.464 e. The average molecular weight is 298 g/mol. The van der Waals surface area contributed by atoms with E-state index in [0.29, 0.717) is 0 Å². The van der Waals surface area contributed by atoms with Crippen LogP contribution in [0, 0.1) is 12.3 Å². The second kappa shape index (κ2) is 4.17. The van der Waals surface area contributed by atoms with Crippen LogP contribution in [0.3, 0.4) is 0 Å². The lowest BCUT2D eigenvalue weighted by Gasteiger charge is -2.60. The lowest BCUT2D eigenvalue weighted by molar-refractivity contribution is -0.159. The van der Waals surface area contributed by atoms with Gasteiger partial charge < -0.3 is 9.52 Å². The van der Waals surface area contributed by atoms with Crippen LogP contribution in [0.15, 0.2) is 22.8 Å². The summed E-state index contributed by atoms with van der Waals surface area (Å²) in [6.07, 6.45) is 6.97. The van der Waals surface area contributed by atoms with Gasteiger partial charge in [0.25, 0.3) is 0 Å². The van der Waals surface area contributed by atoms with Gasteiger partial charge in [-0.3, -0.25) is 0 Å². The van der Waals surface area contributed by atoms with Crippen LogP contribution in [0.4, 0.5) is 0 Å². The summed E-state index contributed by atoms with van der Waals surface area (Å²) in [5.74, 6) is 0. The summed E-state index contributed by atoms with van der Waals surface area (Å²) in [5, 5.41) is 12.9. The van der Waals surface area contributed by atoms with Crippen molar-refractivity contribution in [2.24, 2.45) is 5.41 Å². The summed E-state index contributed by atoms with van der Waals surface area (Å²) in [4.78, 5) is 0. The highest BCUT2D eigenvalue weighted by Gasteiger charge is 2.60. The molecule has 0 aliphatic heterocycles. The normalized spacial score (nSPS) is 33.5. The minimum atomic E-state index is -0.627. The molecule has 0 radical (unpaired) electrons. The molecule has 1 saturated carbocycles. The summed E-state index contributed by atoms with van der Waals surface area (Å²) in [5.41, 5.74) is 4.24. The fourth-order valence-electron chi connectivity index (χ4n) is 5.46. The van der Waals surface area contributed by atoms with E-state index >= 15 is 0 Å². The van der Waals surface area contributed by atoms with E-state index in [2.05, 4.69) is 39.8 Å². The molecular formula is C20H26O2. The van der Waals surface area contributed by atoms with Gasteiger partial charge in [0, 0.05) is 10.8 Å². The predicted octanol–water partition coefficient (Wildman–Crippen LogP) is 4.89. The molecule has 1 fully saturated rings. The molecule has 1 N–H and O–H groups in total. The number of hydrogen-bond acceptors (Lipinski definition) is 2. The van der Waals surface area contributed by atoms with E-state index in [4.69, 9.17) is 4.42 Å². The quantitative estimate of drug-likeness (QED) is 0.751. The maximum Gasteiger partial charge on any atom is 0.134 e. The number of hydrogen-bond donors (Lipinski definition) is 1. The zero-order valence-corrected chi connectivity index (χ0v) is 14.1. The summed E-state index contributed by atoms with van der Waals surface area (Å²) < 4.78 is 5.69. The molecule has 2 aliphatic rings. The van der Waals surface area contributed by atoms with Crippen molar-refractivity contribution in [3.8, 4) is 0 Å². The Kier molecular flexibility index (Phi) is 2.71. The Morgan fingerprint density at radius 1 is 1.14 bits per heavy atom. The number of rotatable bonds is 0. The smallest absolute Gasteiger partial charge is 0.134 e. The predicted molar refractivity (Wildman–Crippen MR) is 89.2 cm³/mol. The van der Waals surface area contributed by atoms with Crippen LogP contribution in [0.2, 0.25) is 0 Å². The second-order valence-electron chi connectivity index (χ2n) is 8.29. The molecule has 1 heterocycles. The zero-order chi connectivity index (χ0) is 15.8. The molecule has 0 spiro atoms. The first-order valence-electron chi connectivity index (χ1n) is 8.53. The van der Waals surface area contributed by atoms with E-state index in [1.807, 2.05) is 0 Å². The summed E-state index contributed by atoms with van der Waals surface area (Å²) in [7, 11) is 0. The maximum atomic E-state index is 11.7. The molecule has 1 aromatic carbocycles. The van der Waals surface area contributed by atoms with Gasteiger partial charge in [0.2, 0.25) is 0 Å². The first-order chi connectivity index (χ1) is 10.3. The fourth-order valence-corrected chi connectivity index (χ4v) is 5.46. The lowest BCUT2D eigenvalue weighted by atomic mass is 9.47. The molecule has 2 aromatic rings. The van der Waals surface area contributed by atoms with E-state index in [1.54, 1.807) is 6.26 Å². The van der Waals surface area contributed by atoms with Crippen LogP contribution in [0.25, 0.3) is 11.0 Å². The Balaban J connectivity index is 2.02. The minimum absolute atomic E-state index is 0.0380. The zero-order valence-electron chi connectivity index (χ0n) is 14.1. The SMILES string of the molecule is Cc1c2c(cc3occc13)[C@@]1(C)CCCC(C)(C)[C@]1(O)CC2. The molecule has 0 bridgehead atoms. The Morgan fingerprint density at radius 3 is 2.68 bits per heavy atom. The monoisotopic (exact) mass is 298 g/mol. The molecule has 118 valence electrons. The van der Waals surface area contributed by atoms with Crippen LogP contribution in [0.5, 0.6) is 0 Å². The Morgan fingerprint density at radius 2 is 1.91 bits per heavy atom. The molecule has 22 heavy (non-hydrogen) atoms. The van der Waals surface area contributed by atoms with Gasteiger partial charge in [-0.05, 0) is 66.8 Å². The summed E-state index contributed by atoms with van der Waals surface area (Å²) in [6.45, 7) is 8.97. The molecule has 0 unspecified atom stereocenters. The highest BCUT2D eigenvalue weighted by Crippen LogP contribution is 2.60. The molecule has 0 saturated heterocycles.